The number of phenolic OH excluding ortho intramolecular Hbond substituents is 3. The molecule has 12 N–H and O–H groups in total. The van der Waals surface area contributed by atoms with E-state index in [1.807, 2.05) is 0 Å². The molecule has 0 aliphatic heterocycles. The zero-order valence-electron chi connectivity index (χ0n) is 39.0. The van der Waals surface area contributed by atoms with E-state index in [-0.39, 0.29) is 38.5 Å². The highest BCUT2D eigenvalue weighted by atomic mass is 32.2. The molecule has 0 heterocycles. The molecule has 0 aliphatic carbocycles. The summed E-state index contributed by atoms with van der Waals surface area (Å²) in [6.07, 6.45) is 0. The summed E-state index contributed by atoms with van der Waals surface area (Å²) < 4.78 is 209. The van der Waals surface area contributed by atoms with E-state index in [0.29, 0.717) is 12.1 Å². The Labute approximate surface area is 448 Å². The van der Waals surface area contributed by atoms with Crippen LogP contribution in [0.1, 0.15) is 5.56 Å². The molecule has 0 bridgehead atoms. The van der Waals surface area contributed by atoms with Crippen molar-refractivity contribution in [2.24, 2.45) is 40.9 Å². The van der Waals surface area contributed by atoms with Crippen LogP contribution in [0.2, 0.25) is 0 Å². The highest BCUT2D eigenvalue weighted by molar-refractivity contribution is 7.87. The van der Waals surface area contributed by atoms with E-state index < -0.39 is 165 Å². The molecule has 0 saturated carbocycles. The summed E-state index contributed by atoms with van der Waals surface area (Å²) >= 11 is 0. The molecule has 8 aromatic carbocycles. The first-order valence-electron chi connectivity index (χ1n) is 21.1. The molecule has 31 nitrogen and oxygen atoms in total. The second kappa shape index (κ2) is 20.7. The van der Waals surface area contributed by atoms with E-state index in [4.69, 9.17) is 5.73 Å². The van der Waals surface area contributed by atoms with E-state index in [0.717, 1.165) is 78.9 Å². The summed E-state index contributed by atoms with van der Waals surface area (Å²) in [5.74, 6) is -3.17. The van der Waals surface area contributed by atoms with Gasteiger partial charge in [0, 0.05) is 10.8 Å². The Morgan fingerprint density at radius 2 is 0.825 bits per heavy atom. The first-order chi connectivity index (χ1) is 37.1. The van der Waals surface area contributed by atoms with E-state index >= 15 is 0 Å². The summed E-state index contributed by atoms with van der Waals surface area (Å²) in [4.78, 5) is -6.07. The minimum Gasteiger partial charge on any atom is -0.505 e. The second-order valence-electron chi connectivity index (χ2n) is 16.4. The van der Waals surface area contributed by atoms with Crippen LogP contribution in [0.3, 0.4) is 0 Å². The van der Waals surface area contributed by atoms with Crippen LogP contribution in [0.15, 0.2) is 173 Å². The third-order valence-corrected chi connectivity index (χ3v) is 16.4. The maximum absolute atomic E-state index is 12.8. The lowest BCUT2D eigenvalue weighted by atomic mass is 10.0. The number of fused-ring (bicyclic) bond motifs is 3. The SMILES string of the molecule is Nc1c(N=Nc2ccc3cc(S(=O)(=O)O)c(N=Nc4cccc(S(=O)(=O)O)c4)c(O)c3c2)c(S(=O)(=O)O)cc2cc(S(=O)(=O)O)c(N=Nc3cc4c(O)c(N=Nc5ccc(CO)cc5S(=O)(=O)O)ccc4cc3S(=O)(=O)O)c(O)c12. The summed E-state index contributed by atoms with van der Waals surface area (Å²) in [5, 5.41) is 71.2. The molecule has 37 heteroatoms. The van der Waals surface area contributed by atoms with Crippen molar-refractivity contribution in [2.75, 3.05) is 5.73 Å². The number of nitrogen functional groups attached to an aromatic ring is 1. The topological polar surface area (TPSA) is 532 Å². The van der Waals surface area contributed by atoms with Gasteiger partial charge in [0.15, 0.2) is 17.2 Å². The molecule has 80 heavy (non-hydrogen) atoms. The largest absolute Gasteiger partial charge is 0.505 e. The average molecular weight is 1220 g/mol. The van der Waals surface area contributed by atoms with Crippen LogP contribution < -0.4 is 5.73 Å². The van der Waals surface area contributed by atoms with Crippen LogP contribution >= 0.6 is 0 Å². The molecular weight excluding hydrogens is 1190 g/mol. The van der Waals surface area contributed by atoms with Gasteiger partial charge in [0.25, 0.3) is 60.7 Å². The third kappa shape index (κ3) is 11.8. The Kier molecular flexibility index (Phi) is 14.9. The fourth-order valence-corrected chi connectivity index (χ4v) is 11.4. The van der Waals surface area contributed by atoms with E-state index in [1.165, 1.54) is 12.1 Å². The maximum Gasteiger partial charge on any atom is 0.296 e. The lowest BCUT2D eigenvalue weighted by Crippen LogP contribution is -2.04. The minimum atomic E-state index is -5.58. The van der Waals surface area contributed by atoms with Crippen LogP contribution in [-0.2, 0) is 67.3 Å². The van der Waals surface area contributed by atoms with Gasteiger partial charge in [0.1, 0.15) is 58.6 Å². The summed E-state index contributed by atoms with van der Waals surface area (Å²) in [6, 6.07) is 16.1. The van der Waals surface area contributed by atoms with Gasteiger partial charge in [-0.3, -0.25) is 27.3 Å². The van der Waals surface area contributed by atoms with E-state index in [1.54, 1.807) is 0 Å². The minimum absolute atomic E-state index is 0.0601. The number of aliphatic hydroxyl groups excluding tert-OH is 1. The molecule has 0 unspecified atom stereocenters. The van der Waals surface area contributed by atoms with E-state index in [9.17, 15) is 98.2 Å². The molecule has 0 amide bonds. The lowest BCUT2D eigenvalue weighted by Gasteiger charge is -2.14. The van der Waals surface area contributed by atoms with Crippen molar-refractivity contribution in [3.05, 3.63) is 109 Å². The van der Waals surface area contributed by atoms with Crippen LogP contribution in [0.4, 0.5) is 51.2 Å². The third-order valence-electron chi connectivity index (χ3n) is 11.2. The van der Waals surface area contributed by atoms with Crippen LogP contribution in [-0.4, -0.2) is 98.2 Å². The van der Waals surface area contributed by atoms with E-state index in [2.05, 4.69) is 40.9 Å². The number of hydrogen-bond donors (Lipinski definition) is 11. The quantitative estimate of drug-likeness (QED) is 0.0260. The normalized spacial score (nSPS) is 13.3. The summed E-state index contributed by atoms with van der Waals surface area (Å²) in [7, 11) is -31.2. The average Bonchev–Trinajstić information content (AvgIpc) is 3.35. The second-order valence-corrected chi connectivity index (χ2v) is 24.7. The van der Waals surface area contributed by atoms with Gasteiger partial charge in [-0.2, -0.15) is 60.7 Å². The Morgan fingerprint density at radius 1 is 0.375 bits per heavy atom. The number of aliphatic hydroxyl groups is 1. The number of aromatic hydroxyl groups is 3. The monoisotopic (exact) mass is 1220 g/mol. The van der Waals surface area contributed by atoms with Crippen molar-refractivity contribution < 1.29 is 98.2 Å². The summed E-state index contributed by atoms with van der Waals surface area (Å²) in [6.45, 7) is -0.625. The standard InChI is InChI=1S/C43H31N9O22S6/c44-37-36-22(13-33(78(66,67)68)38(37)50-46-24-7-5-20-12-34(79(69,70)71)39(42(55)26(20)16-24)51-45-23-2-1-3-25(15-23)75(57,58)59)14-35(80(72,73)74)40(43(36)56)52-49-30-17-27-21(11-32(30)77(63,64)65)6-9-29(41(27)54)48-47-28-8-4-19(18-53)10-31(28)76(60,61)62/h1-17,53-56H,18,44H2,(H,57,58,59)(H,60,61,62)(H,63,64,65)(H,66,67,68)(H,69,70,71)(H,72,73,74). The Hall–Kier alpha value is -8.44. The van der Waals surface area contributed by atoms with Crippen LogP contribution in [0.5, 0.6) is 17.2 Å². The smallest absolute Gasteiger partial charge is 0.296 e. The predicted molar refractivity (Wildman–Crippen MR) is 276 cm³/mol. The predicted octanol–water partition coefficient (Wildman–Crippen LogP) is 8.48. The van der Waals surface area contributed by atoms with Gasteiger partial charge in [-0.05, 0) is 101 Å². The molecule has 0 spiro atoms. The first-order valence-corrected chi connectivity index (χ1v) is 29.8. The van der Waals surface area contributed by atoms with Crippen LogP contribution in [0.25, 0.3) is 32.3 Å². The number of azo groups is 4. The number of benzene rings is 8. The molecule has 0 fully saturated rings. The van der Waals surface area contributed by atoms with Gasteiger partial charge in [-0.15, -0.1) is 30.7 Å². The Balaban J connectivity index is 1.25. The molecule has 8 rings (SSSR count). The molecule has 0 aliphatic rings. The fourth-order valence-electron chi connectivity index (χ4n) is 7.55. The van der Waals surface area contributed by atoms with Crippen molar-refractivity contribution in [1.82, 2.24) is 0 Å². The van der Waals surface area contributed by atoms with Crippen molar-refractivity contribution in [3.8, 4) is 17.2 Å². The molecule has 0 radical (unpaired) electrons. The van der Waals surface area contributed by atoms with Crippen molar-refractivity contribution >= 4 is 144 Å². The first kappa shape index (κ1) is 57.7. The van der Waals surface area contributed by atoms with Crippen molar-refractivity contribution in [1.29, 1.82) is 0 Å². The van der Waals surface area contributed by atoms with Crippen LogP contribution in [0, 0.1) is 0 Å². The maximum atomic E-state index is 12.8. The number of anilines is 1. The molecule has 8 aromatic rings. The van der Waals surface area contributed by atoms with Gasteiger partial charge < -0.3 is 26.2 Å². The number of hydrogen-bond acceptors (Lipinski definition) is 25. The number of phenols is 3. The van der Waals surface area contributed by atoms with Crippen molar-refractivity contribution in [3.63, 3.8) is 0 Å². The molecule has 416 valence electrons. The number of nitrogens with two attached hydrogens (primary N) is 1. The fraction of sp³-hybridized carbons (Fsp3) is 0.0233. The highest BCUT2D eigenvalue weighted by Crippen LogP contribution is 2.50. The van der Waals surface area contributed by atoms with Gasteiger partial charge in [-0.25, -0.2) is 0 Å². The van der Waals surface area contributed by atoms with Gasteiger partial charge in [-0.1, -0.05) is 24.3 Å². The molecule has 0 atom stereocenters. The van der Waals surface area contributed by atoms with Gasteiger partial charge in [0.05, 0.1) is 34.0 Å². The highest BCUT2D eigenvalue weighted by Gasteiger charge is 2.30. The number of nitrogens with zero attached hydrogens (tertiary/aromatic N) is 8. The molecule has 0 saturated heterocycles. The molecule has 0 aromatic heterocycles. The van der Waals surface area contributed by atoms with Gasteiger partial charge >= 0.3 is 0 Å². The zero-order chi connectivity index (χ0) is 58.8. The number of rotatable bonds is 15. The lowest BCUT2D eigenvalue weighted by molar-refractivity contribution is 0.281. The summed E-state index contributed by atoms with van der Waals surface area (Å²) in [5.41, 5.74) is -0.131. The Morgan fingerprint density at radius 3 is 1.40 bits per heavy atom. The molecular formula is C43H31N9O22S6. The Bertz CT molecular complexity index is 4870. The van der Waals surface area contributed by atoms with Crippen molar-refractivity contribution in [2.45, 2.75) is 36.0 Å². The zero-order valence-corrected chi connectivity index (χ0v) is 43.9. The van der Waals surface area contributed by atoms with Gasteiger partial charge in [0.2, 0.25) is 0 Å².